The van der Waals surface area contributed by atoms with Crippen LogP contribution in [0.4, 0.5) is 0 Å². The normalized spacial score (nSPS) is 21.3. The number of carboxylic acid groups (broad SMARTS) is 1. The molecule has 16 heavy (non-hydrogen) atoms. The van der Waals surface area contributed by atoms with Crippen LogP contribution >= 0.6 is 11.8 Å². The van der Waals surface area contributed by atoms with Crippen molar-refractivity contribution in [2.24, 2.45) is 0 Å². The molecular formula is C10H15NO4S. The standard InChI is InChI=1S/C10H15NO4S/c1-4-6(15-2)9(10(13)14)11-7(12)5-8(11)16-3/h8H,4-5H2,1-3H3,(H,13,14). The van der Waals surface area contributed by atoms with Crippen molar-refractivity contribution in [2.75, 3.05) is 13.4 Å². The summed E-state index contributed by atoms with van der Waals surface area (Å²) < 4.78 is 5.02. The van der Waals surface area contributed by atoms with Crippen molar-refractivity contribution in [3.05, 3.63) is 11.5 Å². The molecule has 0 aromatic rings. The summed E-state index contributed by atoms with van der Waals surface area (Å²) in [6, 6.07) is 0. The van der Waals surface area contributed by atoms with Gasteiger partial charge < -0.3 is 9.84 Å². The van der Waals surface area contributed by atoms with E-state index in [2.05, 4.69) is 0 Å². The number of amides is 1. The van der Waals surface area contributed by atoms with E-state index in [9.17, 15) is 9.59 Å². The Morgan fingerprint density at radius 2 is 2.31 bits per heavy atom. The van der Waals surface area contributed by atoms with Gasteiger partial charge in [0.05, 0.1) is 18.9 Å². The number of likely N-dealkylation sites (tertiary alicyclic amines) is 1. The van der Waals surface area contributed by atoms with E-state index in [4.69, 9.17) is 9.84 Å². The Bertz CT molecular complexity index is 334. The zero-order chi connectivity index (χ0) is 12.3. The number of methoxy groups -OCH3 is 1. The van der Waals surface area contributed by atoms with Gasteiger partial charge in [0.2, 0.25) is 5.91 Å². The lowest BCUT2D eigenvalue weighted by Gasteiger charge is -2.39. The minimum atomic E-state index is -1.12. The molecule has 5 nitrogen and oxygen atoms in total. The molecule has 1 rings (SSSR count). The maximum absolute atomic E-state index is 11.4. The summed E-state index contributed by atoms with van der Waals surface area (Å²) in [6.45, 7) is 1.79. The van der Waals surface area contributed by atoms with Gasteiger partial charge in [-0.3, -0.25) is 9.69 Å². The molecule has 1 fully saturated rings. The van der Waals surface area contributed by atoms with Crippen molar-refractivity contribution in [1.82, 2.24) is 4.90 Å². The molecule has 1 heterocycles. The van der Waals surface area contributed by atoms with E-state index < -0.39 is 5.97 Å². The Kier molecular flexibility index (Phi) is 4.23. The molecule has 0 radical (unpaired) electrons. The Hall–Kier alpha value is -1.17. The molecule has 1 aliphatic heterocycles. The first-order valence-electron chi connectivity index (χ1n) is 4.92. The maximum Gasteiger partial charge on any atom is 0.356 e. The number of rotatable bonds is 5. The van der Waals surface area contributed by atoms with E-state index >= 15 is 0 Å². The smallest absolute Gasteiger partial charge is 0.356 e. The molecule has 1 N–H and O–H groups in total. The summed E-state index contributed by atoms with van der Waals surface area (Å²) in [7, 11) is 1.42. The van der Waals surface area contributed by atoms with Crippen molar-refractivity contribution in [3.63, 3.8) is 0 Å². The number of hydrogen-bond acceptors (Lipinski definition) is 4. The summed E-state index contributed by atoms with van der Waals surface area (Å²) in [5.74, 6) is -0.954. The number of allylic oxidation sites excluding steroid dienone is 1. The molecule has 1 aliphatic rings. The Morgan fingerprint density at radius 1 is 1.69 bits per heavy atom. The molecule has 6 heteroatoms. The summed E-state index contributed by atoms with van der Waals surface area (Å²) in [5, 5.41) is 9.04. The SMILES string of the molecule is CCC(OC)=C(C(=O)O)N1C(=O)CC1SC. The second-order valence-electron chi connectivity index (χ2n) is 3.29. The predicted octanol–water partition coefficient (Wildman–Crippen LogP) is 1.26. The van der Waals surface area contributed by atoms with Gasteiger partial charge in [-0.15, -0.1) is 11.8 Å². The highest BCUT2D eigenvalue weighted by Crippen LogP contribution is 2.33. The van der Waals surface area contributed by atoms with Crippen LogP contribution in [0.3, 0.4) is 0 Å². The minimum Gasteiger partial charge on any atom is -0.499 e. The molecule has 0 saturated carbocycles. The van der Waals surface area contributed by atoms with Crippen molar-refractivity contribution in [2.45, 2.75) is 25.1 Å². The molecule has 1 saturated heterocycles. The molecule has 0 spiro atoms. The van der Waals surface area contributed by atoms with Crippen LogP contribution in [-0.2, 0) is 14.3 Å². The lowest BCUT2D eigenvalue weighted by molar-refractivity contribution is -0.146. The second-order valence-corrected chi connectivity index (χ2v) is 4.31. The molecule has 0 aromatic heterocycles. The third-order valence-corrected chi connectivity index (χ3v) is 3.37. The lowest BCUT2D eigenvalue weighted by Crippen LogP contribution is -2.51. The van der Waals surface area contributed by atoms with E-state index in [1.165, 1.54) is 23.8 Å². The van der Waals surface area contributed by atoms with Gasteiger partial charge in [-0.2, -0.15) is 0 Å². The van der Waals surface area contributed by atoms with Crippen molar-refractivity contribution in [1.29, 1.82) is 0 Å². The molecule has 1 amide bonds. The zero-order valence-electron chi connectivity index (χ0n) is 9.52. The fourth-order valence-corrected chi connectivity index (χ4v) is 2.35. The van der Waals surface area contributed by atoms with Crippen molar-refractivity contribution >= 4 is 23.6 Å². The number of carboxylic acids is 1. The lowest BCUT2D eigenvalue weighted by atomic mass is 10.1. The van der Waals surface area contributed by atoms with Gasteiger partial charge in [-0.1, -0.05) is 6.92 Å². The number of β-lactam (4-membered cyclic amide) rings is 1. The van der Waals surface area contributed by atoms with Crippen LogP contribution in [0.1, 0.15) is 19.8 Å². The van der Waals surface area contributed by atoms with Crippen LogP contribution < -0.4 is 0 Å². The van der Waals surface area contributed by atoms with E-state index in [1.807, 2.05) is 6.26 Å². The van der Waals surface area contributed by atoms with Crippen molar-refractivity contribution < 1.29 is 19.4 Å². The van der Waals surface area contributed by atoms with Crippen LogP contribution in [0.25, 0.3) is 0 Å². The first-order valence-corrected chi connectivity index (χ1v) is 6.20. The first-order chi connectivity index (χ1) is 7.56. The van der Waals surface area contributed by atoms with Crippen LogP contribution in [0.2, 0.25) is 0 Å². The minimum absolute atomic E-state index is 0.0272. The van der Waals surface area contributed by atoms with Gasteiger partial charge in [0, 0.05) is 6.42 Å². The molecule has 1 atom stereocenters. The number of hydrogen-bond donors (Lipinski definition) is 1. The fourth-order valence-electron chi connectivity index (χ4n) is 1.61. The van der Waals surface area contributed by atoms with E-state index in [1.54, 1.807) is 6.92 Å². The summed E-state index contributed by atoms with van der Waals surface area (Å²) in [5.41, 5.74) is -0.0272. The molecule has 0 aromatic carbocycles. The Morgan fingerprint density at radius 3 is 2.62 bits per heavy atom. The highest BCUT2D eigenvalue weighted by molar-refractivity contribution is 7.99. The van der Waals surface area contributed by atoms with E-state index in [0.29, 0.717) is 18.6 Å². The third kappa shape index (κ3) is 2.16. The largest absolute Gasteiger partial charge is 0.499 e. The fraction of sp³-hybridized carbons (Fsp3) is 0.600. The monoisotopic (exact) mass is 245 g/mol. The van der Waals surface area contributed by atoms with Gasteiger partial charge in [-0.05, 0) is 6.26 Å². The number of carbonyl (C=O) groups excluding carboxylic acids is 1. The molecule has 90 valence electrons. The van der Waals surface area contributed by atoms with E-state index in [0.717, 1.165) is 0 Å². The van der Waals surface area contributed by atoms with Crippen LogP contribution in [0.15, 0.2) is 11.5 Å². The zero-order valence-corrected chi connectivity index (χ0v) is 10.3. The number of carbonyl (C=O) groups is 2. The Labute approximate surface area is 98.4 Å². The maximum atomic E-state index is 11.4. The summed E-state index contributed by atoms with van der Waals surface area (Å²) >= 11 is 1.46. The average molecular weight is 245 g/mol. The second kappa shape index (κ2) is 5.25. The topological polar surface area (TPSA) is 66.8 Å². The highest BCUT2D eigenvalue weighted by atomic mass is 32.2. The van der Waals surface area contributed by atoms with Gasteiger partial charge >= 0.3 is 5.97 Å². The number of ether oxygens (including phenoxy) is 1. The molecule has 1 unspecified atom stereocenters. The van der Waals surface area contributed by atoms with Crippen LogP contribution in [0.5, 0.6) is 0 Å². The predicted molar refractivity (Wildman–Crippen MR) is 60.7 cm³/mol. The van der Waals surface area contributed by atoms with E-state index in [-0.39, 0.29) is 17.0 Å². The highest BCUT2D eigenvalue weighted by Gasteiger charge is 2.41. The van der Waals surface area contributed by atoms with Crippen LogP contribution in [-0.4, -0.2) is 40.6 Å². The number of aliphatic carboxylic acids is 1. The first kappa shape index (κ1) is 12.9. The van der Waals surface area contributed by atoms with Gasteiger partial charge in [-0.25, -0.2) is 4.79 Å². The average Bonchev–Trinajstić information content (AvgIpc) is 2.25. The molecule has 0 bridgehead atoms. The Balaban J connectivity index is 3.07. The summed E-state index contributed by atoms with van der Waals surface area (Å²) in [6.07, 6.45) is 2.68. The van der Waals surface area contributed by atoms with Gasteiger partial charge in [0.15, 0.2) is 5.70 Å². The van der Waals surface area contributed by atoms with Gasteiger partial charge in [0.25, 0.3) is 0 Å². The molecular weight excluding hydrogens is 230 g/mol. The number of nitrogens with zero attached hydrogens (tertiary/aromatic N) is 1. The van der Waals surface area contributed by atoms with Crippen LogP contribution in [0, 0.1) is 0 Å². The quantitative estimate of drug-likeness (QED) is 0.449. The van der Waals surface area contributed by atoms with Gasteiger partial charge in [0.1, 0.15) is 5.76 Å². The number of thioether (sulfide) groups is 1. The van der Waals surface area contributed by atoms with Crippen molar-refractivity contribution in [3.8, 4) is 0 Å². The third-order valence-electron chi connectivity index (χ3n) is 2.45. The summed E-state index contributed by atoms with van der Waals surface area (Å²) in [4.78, 5) is 23.9. The molecule has 0 aliphatic carbocycles.